The average molecular weight is 250 g/mol. The van der Waals surface area contributed by atoms with Gasteiger partial charge in [0.2, 0.25) is 0 Å². The molecule has 4 heteroatoms. The fourth-order valence-electron chi connectivity index (χ4n) is 2.51. The molecule has 1 aliphatic heterocycles. The highest BCUT2D eigenvalue weighted by atomic mass is 16.5. The molecule has 0 bridgehead atoms. The summed E-state index contributed by atoms with van der Waals surface area (Å²) < 4.78 is 10.9. The Morgan fingerprint density at radius 2 is 1.89 bits per heavy atom. The highest BCUT2D eigenvalue weighted by molar-refractivity contribution is 5.47. The predicted octanol–water partition coefficient (Wildman–Crippen LogP) is 1.67. The molecule has 1 N–H and O–H groups in total. The predicted molar refractivity (Wildman–Crippen MR) is 72.4 cm³/mol. The van der Waals surface area contributed by atoms with Crippen molar-refractivity contribution in [3.05, 3.63) is 23.8 Å². The minimum absolute atomic E-state index is 0.345. The summed E-state index contributed by atoms with van der Waals surface area (Å²) in [5, 5.41) is 3.37. The topological polar surface area (TPSA) is 33.7 Å². The first-order chi connectivity index (χ1) is 8.77. The first-order valence-electron chi connectivity index (χ1n) is 6.43. The molecule has 1 heterocycles. The third kappa shape index (κ3) is 2.60. The van der Waals surface area contributed by atoms with Gasteiger partial charge in [0, 0.05) is 37.8 Å². The van der Waals surface area contributed by atoms with E-state index in [0.717, 1.165) is 37.7 Å². The van der Waals surface area contributed by atoms with Crippen LogP contribution in [-0.2, 0) is 0 Å². The molecule has 0 spiro atoms. The quantitative estimate of drug-likeness (QED) is 0.881. The van der Waals surface area contributed by atoms with E-state index in [4.69, 9.17) is 9.47 Å². The molecular weight excluding hydrogens is 228 g/mol. The maximum absolute atomic E-state index is 5.51. The van der Waals surface area contributed by atoms with Gasteiger partial charge in [-0.2, -0.15) is 0 Å². The SMILES string of the molecule is COc1cccc(C(C)N2CCNCC2)c1OC. The first-order valence-corrected chi connectivity index (χ1v) is 6.43. The molecule has 2 rings (SSSR count). The van der Waals surface area contributed by atoms with Gasteiger partial charge in [-0.25, -0.2) is 0 Å². The monoisotopic (exact) mass is 250 g/mol. The Morgan fingerprint density at radius 1 is 1.17 bits per heavy atom. The Hall–Kier alpha value is -1.26. The van der Waals surface area contributed by atoms with Crippen molar-refractivity contribution in [3.8, 4) is 11.5 Å². The zero-order chi connectivity index (χ0) is 13.0. The molecule has 0 aromatic heterocycles. The molecule has 0 saturated carbocycles. The van der Waals surface area contributed by atoms with E-state index in [1.807, 2.05) is 12.1 Å². The molecular formula is C14H22N2O2. The van der Waals surface area contributed by atoms with Crippen molar-refractivity contribution in [2.24, 2.45) is 0 Å². The van der Waals surface area contributed by atoms with Crippen LogP contribution in [0.5, 0.6) is 11.5 Å². The number of methoxy groups -OCH3 is 2. The van der Waals surface area contributed by atoms with Crippen LogP contribution in [0.1, 0.15) is 18.5 Å². The van der Waals surface area contributed by atoms with Crippen LogP contribution >= 0.6 is 0 Å². The number of benzene rings is 1. The summed E-state index contributed by atoms with van der Waals surface area (Å²) in [4.78, 5) is 2.47. The molecule has 0 aliphatic carbocycles. The summed E-state index contributed by atoms with van der Waals surface area (Å²) >= 11 is 0. The van der Waals surface area contributed by atoms with Gasteiger partial charge in [-0.15, -0.1) is 0 Å². The van der Waals surface area contributed by atoms with Gasteiger partial charge < -0.3 is 14.8 Å². The Kier molecular flexibility index (Phi) is 4.44. The normalized spacial score (nSPS) is 18.4. The minimum atomic E-state index is 0.345. The fourth-order valence-corrected chi connectivity index (χ4v) is 2.51. The van der Waals surface area contributed by atoms with Gasteiger partial charge in [0.05, 0.1) is 14.2 Å². The summed E-state index contributed by atoms with van der Waals surface area (Å²) in [5.74, 6) is 1.66. The van der Waals surface area contributed by atoms with Crippen LogP contribution in [0.4, 0.5) is 0 Å². The van der Waals surface area contributed by atoms with Crippen molar-refractivity contribution in [1.29, 1.82) is 0 Å². The largest absolute Gasteiger partial charge is 0.493 e. The maximum Gasteiger partial charge on any atom is 0.165 e. The fraction of sp³-hybridized carbons (Fsp3) is 0.571. The van der Waals surface area contributed by atoms with Crippen molar-refractivity contribution < 1.29 is 9.47 Å². The second-order valence-corrected chi connectivity index (χ2v) is 4.54. The van der Waals surface area contributed by atoms with Crippen molar-refractivity contribution in [3.63, 3.8) is 0 Å². The second-order valence-electron chi connectivity index (χ2n) is 4.54. The third-order valence-corrected chi connectivity index (χ3v) is 3.58. The van der Waals surface area contributed by atoms with Crippen LogP contribution < -0.4 is 14.8 Å². The van der Waals surface area contributed by atoms with Gasteiger partial charge in [0.1, 0.15) is 0 Å². The molecule has 1 aliphatic rings. The van der Waals surface area contributed by atoms with Crippen LogP contribution in [0.2, 0.25) is 0 Å². The van der Waals surface area contributed by atoms with Gasteiger partial charge in [-0.3, -0.25) is 4.90 Å². The molecule has 4 nitrogen and oxygen atoms in total. The number of nitrogens with zero attached hydrogens (tertiary/aromatic N) is 1. The molecule has 1 unspecified atom stereocenters. The van der Waals surface area contributed by atoms with E-state index in [-0.39, 0.29) is 0 Å². The molecule has 1 saturated heterocycles. The van der Waals surface area contributed by atoms with Gasteiger partial charge in [-0.05, 0) is 13.0 Å². The lowest BCUT2D eigenvalue weighted by Crippen LogP contribution is -2.44. The smallest absolute Gasteiger partial charge is 0.165 e. The lowest BCUT2D eigenvalue weighted by atomic mass is 10.0. The summed E-state index contributed by atoms with van der Waals surface area (Å²) in [6, 6.07) is 6.42. The molecule has 1 fully saturated rings. The number of hydrogen-bond acceptors (Lipinski definition) is 4. The zero-order valence-corrected chi connectivity index (χ0v) is 11.4. The number of rotatable bonds is 4. The summed E-state index contributed by atoms with van der Waals surface area (Å²) in [6.45, 7) is 6.47. The van der Waals surface area contributed by atoms with E-state index in [1.165, 1.54) is 5.56 Å². The Balaban J connectivity index is 2.25. The molecule has 1 aromatic rings. The highest BCUT2D eigenvalue weighted by Gasteiger charge is 2.22. The first kappa shape index (κ1) is 13.2. The van der Waals surface area contributed by atoms with Gasteiger partial charge in [-0.1, -0.05) is 12.1 Å². The van der Waals surface area contributed by atoms with Crippen LogP contribution in [-0.4, -0.2) is 45.3 Å². The van der Waals surface area contributed by atoms with Gasteiger partial charge >= 0.3 is 0 Å². The number of hydrogen-bond donors (Lipinski definition) is 1. The lowest BCUT2D eigenvalue weighted by molar-refractivity contribution is 0.182. The minimum Gasteiger partial charge on any atom is -0.493 e. The Bertz CT molecular complexity index is 389. The summed E-state index contributed by atoms with van der Waals surface area (Å²) in [5.41, 5.74) is 1.19. The van der Waals surface area contributed by atoms with Crippen LogP contribution in [0.25, 0.3) is 0 Å². The molecule has 1 atom stereocenters. The van der Waals surface area contributed by atoms with Crippen LogP contribution in [0, 0.1) is 0 Å². The Labute approximate surface area is 109 Å². The van der Waals surface area contributed by atoms with Crippen molar-refractivity contribution in [2.45, 2.75) is 13.0 Å². The van der Waals surface area contributed by atoms with Gasteiger partial charge in [0.25, 0.3) is 0 Å². The number of nitrogens with one attached hydrogen (secondary N) is 1. The molecule has 18 heavy (non-hydrogen) atoms. The second kappa shape index (κ2) is 6.07. The van der Waals surface area contributed by atoms with E-state index in [2.05, 4.69) is 23.2 Å². The summed E-state index contributed by atoms with van der Waals surface area (Å²) in [7, 11) is 3.38. The average Bonchev–Trinajstić information content (AvgIpc) is 2.46. The van der Waals surface area contributed by atoms with Crippen LogP contribution in [0.3, 0.4) is 0 Å². The summed E-state index contributed by atoms with van der Waals surface area (Å²) in [6.07, 6.45) is 0. The number of para-hydroxylation sites is 1. The van der Waals surface area contributed by atoms with E-state index in [9.17, 15) is 0 Å². The van der Waals surface area contributed by atoms with Crippen molar-refractivity contribution in [1.82, 2.24) is 10.2 Å². The molecule has 1 aromatic carbocycles. The lowest BCUT2D eigenvalue weighted by Gasteiger charge is -2.33. The molecule has 0 amide bonds. The van der Waals surface area contributed by atoms with E-state index >= 15 is 0 Å². The third-order valence-electron chi connectivity index (χ3n) is 3.58. The standard InChI is InChI=1S/C14H22N2O2/c1-11(16-9-7-15-8-10-16)12-5-4-6-13(17-2)14(12)18-3/h4-6,11,15H,7-10H2,1-3H3. The van der Waals surface area contributed by atoms with Crippen molar-refractivity contribution >= 4 is 0 Å². The van der Waals surface area contributed by atoms with E-state index in [1.54, 1.807) is 14.2 Å². The van der Waals surface area contributed by atoms with Crippen molar-refractivity contribution in [2.75, 3.05) is 40.4 Å². The molecule has 100 valence electrons. The molecule has 0 radical (unpaired) electrons. The highest BCUT2D eigenvalue weighted by Crippen LogP contribution is 2.36. The van der Waals surface area contributed by atoms with Gasteiger partial charge in [0.15, 0.2) is 11.5 Å². The van der Waals surface area contributed by atoms with E-state index in [0.29, 0.717) is 6.04 Å². The maximum atomic E-state index is 5.51. The zero-order valence-electron chi connectivity index (χ0n) is 11.4. The Morgan fingerprint density at radius 3 is 2.50 bits per heavy atom. The van der Waals surface area contributed by atoms with E-state index < -0.39 is 0 Å². The number of piperazine rings is 1. The number of ether oxygens (including phenoxy) is 2. The van der Waals surface area contributed by atoms with Crippen LogP contribution in [0.15, 0.2) is 18.2 Å².